The molecule has 1 amide bonds. The van der Waals surface area contributed by atoms with E-state index in [0.717, 1.165) is 6.42 Å². The molecule has 0 aliphatic carbocycles. The van der Waals surface area contributed by atoms with E-state index in [-0.39, 0.29) is 16.5 Å². The minimum absolute atomic E-state index is 0.0202. The van der Waals surface area contributed by atoms with Crippen LogP contribution in [0.25, 0.3) is 0 Å². The maximum atomic E-state index is 11.7. The average Bonchev–Trinajstić information content (AvgIpc) is 2.61. The lowest BCUT2D eigenvalue weighted by molar-refractivity contribution is 0.0935. The zero-order valence-corrected chi connectivity index (χ0v) is 10.9. The topological polar surface area (TPSA) is 42.2 Å². The van der Waals surface area contributed by atoms with Crippen molar-refractivity contribution in [3.05, 3.63) is 23.1 Å². The number of alkyl halides is 1. The van der Waals surface area contributed by atoms with Crippen LogP contribution in [0.5, 0.6) is 0 Å². The minimum atomic E-state index is -0.221. The van der Waals surface area contributed by atoms with Crippen molar-refractivity contribution in [2.24, 2.45) is 5.41 Å². The number of carbonyl (C=O) groups excluding carboxylic acids is 1. The second-order valence-electron chi connectivity index (χ2n) is 4.39. The molecule has 0 aromatic carbocycles. The van der Waals surface area contributed by atoms with Gasteiger partial charge in [0.2, 0.25) is 5.22 Å². The molecule has 1 heterocycles. The zero-order chi connectivity index (χ0) is 12.2. The molecule has 3 nitrogen and oxygen atoms in total. The molecule has 1 aromatic rings. The van der Waals surface area contributed by atoms with Crippen LogP contribution in [0, 0.1) is 5.41 Å². The molecular formula is C11H15Cl2NO2. The summed E-state index contributed by atoms with van der Waals surface area (Å²) in [5.74, 6) is 0.358. The van der Waals surface area contributed by atoms with Crippen LogP contribution >= 0.6 is 23.2 Å². The van der Waals surface area contributed by atoms with Gasteiger partial charge >= 0.3 is 0 Å². The van der Waals surface area contributed by atoms with E-state index in [0.29, 0.717) is 18.0 Å². The van der Waals surface area contributed by atoms with E-state index in [4.69, 9.17) is 27.6 Å². The van der Waals surface area contributed by atoms with E-state index < -0.39 is 0 Å². The van der Waals surface area contributed by atoms with Gasteiger partial charge in [-0.1, -0.05) is 13.8 Å². The lowest BCUT2D eigenvalue weighted by Gasteiger charge is -2.23. The molecule has 0 unspecified atom stereocenters. The Labute approximate surface area is 105 Å². The highest BCUT2D eigenvalue weighted by atomic mass is 35.5. The third kappa shape index (κ3) is 3.72. The smallest absolute Gasteiger partial charge is 0.256 e. The lowest BCUT2D eigenvalue weighted by atomic mass is 9.90. The Bertz CT molecular complexity index is 361. The van der Waals surface area contributed by atoms with Crippen LogP contribution < -0.4 is 5.32 Å². The quantitative estimate of drug-likeness (QED) is 0.829. The molecule has 1 N–H and O–H groups in total. The van der Waals surface area contributed by atoms with E-state index in [9.17, 15) is 4.79 Å². The Hall–Kier alpha value is -0.670. The predicted molar refractivity (Wildman–Crippen MR) is 65.2 cm³/mol. The number of halogens is 2. The van der Waals surface area contributed by atoms with Crippen molar-refractivity contribution >= 4 is 29.1 Å². The summed E-state index contributed by atoms with van der Waals surface area (Å²) in [6.45, 7) is 4.65. The van der Waals surface area contributed by atoms with Gasteiger partial charge in [-0.2, -0.15) is 0 Å². The van der Waals surface area contributed by atoms with Crippen molar-refractivity contribution in [3.8, 4) is 0 Å². The number of hydrogen-bond donors (Lipinski definition) is 1. The molecule has 0 radical (unpaired) electrons. The molecule has 0 atom stereocenters. The Morgan fingerprint density at radius 2 is 2.25 bits per heavy atom. The van der Waals surface area contributed by atoms with Crippen molar-refractivity contribution in [1.29, 1.82) is 0 Å². The molecule has 0 bridgehead atoms. The van der Waals surface area contributed by atoms with E-state index in [1.807, 2.05) is 13.8 Å². The van der Waals surface area contributed by atoms with Gasteiger partial charge in [0.25, 0.3) is 5.91 Å². The van der Waals surface area contributed by atoms with Crippen molar-refractivity contribution < 1.29 is 9.21 Å². The van der Waals surface area contributed by atoms with Crippen LogP contribution in [0.3, 0.4) is 0 Å². The summed E-state index contributed by atoms with van der Waals surface area (Å²) >= 11 is 11.4. The summed E-state index contributed by atoms with van der Waals surface area (Å²) in [6.07, 6.45) is 2.23. The second kappa shape index (κ2) is 5.60. The maximum absolute atomic E-state index is 11.7. The molecule has 1 aromatic heterocycles. The van der Waals surface area contributed by atoms with E-state index in [1.54, 1.807) is 6.07 Å². The highest BCUT2D eigenvalue weighted by Crippen LogP contribution is 2.21. The first-order valence-electron chi connectivity index (χ1n) is 5.03. The van der Waals surface area contributed by atoms with Gasteiger partial charge in [-0.15, -0.1) is 11.6 Å². The molecule has 90 valence electrons. The van der Waals surface area contributed by atoms with Crippen molar-refractivity contribution in [2.45, 2.75) is 20.3 Å². The van der Waals surface area contributed by atoms with Crippen LogP contribution in [-0.4, -0.2) is 18.3 Å². The number of hydrogen-bond acceptors (Lipinski definition) is 2. The molecule has 0 saturated carbocycles. The van der Waals surface area contributed by atoms with Gasteiger partial charge in [-0.3, -0.25) is 4.79 Å². The number of rotatable bonds is 5. The Kier molecular flexibility index (Phi) is 4.69. The largest absolute Gasteiger partial charge is 0.452 e. The fraction of sp³-hybridized carbons (Fsp3) is 0.545. The molecule has 5 heteroatoms. The molecule has 16 heavy (non-hydrogen) atoms. The molecular weight excluding hydrogens is 249 g/mol. The lowest BCUT2D eigenvalue weighted by Crippen LogP contribution is -2.34. The summed E-state index contributed by atoms with van der Waals surface area (Å²) < 4.78 is 4.85. The van der Waals surface area contributed by atoms with Crippen LogP contribution in [0.1, 0.15) is 30.6 Å². The maximum Gasteiger partial charge on any atom is 0.256 e. The van der Waals surface area contributed by atoms with E-state index in [2.05, 4.69) is 5.32 Å². The third-order valence-electron chi connectivity index (χ3n) is 2.36. The Morgan fingerprint density at radius 1 is 1.56 bits per heavy atom. The van der Waals surface area contributed by atoms with Gasteiger partial charge in [-0.25, -0.2) is 0 Å². The van der Waals surface area contributed by atoms with Gasteiger partial charge < -0.3 is 9.73 Å². The van der Waals surface area contributed by atoms with Gasteiger partial charge in [-0.05, 0) is 29.5 Å². The van der Waals surface area contributed by atoms with Crippen molar-refractivity contribution in [1.82, 2.24) is 5.32 Å². The Morgan fingerprint density at radius 3 is 2.75 bits per heavy atom. The summed E-state index contributed by atoms with van der Waals surface area (Å²) in [6, 6.07) is 1.55. The minimum Gasteiger partial charge on any atom is -0.452 e. The van der Waals surface area contributed by atoms with Gasteiger partial charge in [0, 0.05) is 12.4 Å². The number of carbonyl (C=O) groups is 1. The summed E-state index contributed by atoms with van der Waals surface area (Å²) in [4.78, 5) is 11.7. The molecule has 0 saturated heterocycles. The van der Waals surface area contributed by atoms with Gasteiger partial charge in [0.05, 0.1) is 11.8 Å². The Balaban J connectivity index is 2.51. The predicted octanol–water partition coefficient (Wildman–Crippen LogP) is 3.32. The molecule has 1 rings (SSSR count). The van der Waals surface area contributed by atoms with Crippen LogP contribution in [0.2, 0.25) is 5.22 Å². The highest BCUT2D eigenvalue weighted by Gasteiger charge is 2.20. The van der Waals surface area contributed by atoms with E-state index >= 15 is 0 Å². The van der Waals surface area contributed by atoms with Crippen molar-refractivity contribution in [2.75, 3.05) is 12.4 Å². The number of amides is 1. The summed E-state index contributed by atoms with van der Waals surface area (Å²) in [5, 5.41) is 2.93. The van der Waals surface area contributed by atoms with E-state index in [1.165, 1.54) is 6.26 Å². The standard InChI is InChI=1S/C11H15Cl2NO2/c1-11(2,4-5-12)7-14-10(15)8-3-6-16-9(8)13/h3,6H,4-5,7H2,1-2H3,(H,14,15). The fourth-order valence-electron chi connectivity index (χ4n) is 1.21. The van der Waals surface area contributed by atoms with Crippen molar-refractivity contribution in [3.63, 3.8) is 0 Å². The summed E-state index contributed by atoms with van der Waals surface area (Å²) in [7, 11) is 0. The first kappa shape index (κ1) is 13.4. The summed E-state index contributed by atoms with van der Waals surface area (Å²) in [5.41, 5.74) is 0.344. The fourth-order valence-corrected chi connectivity index (χ4v) is 1.93. The molecule has 0 fully saturated rings. The molecule has 0 aliphatic rings. The van der Waals surface area contributed by atoms with Gasteiger partial charge in [0.1, 0.15) is 0 Å². The highest BCUT2D eigenvalue weighted by molar-refractivity contribution is 6.32. The van der Waals surface area contributed by atoms with Crippen LogP contribution in [0.4, 0.5) is 0 Å². The van der Waals surface area contributed by atoms with Crippen LogP contribution in [0.15, 0.2) is 16.7 Å². The molecule has 0 spiro atoms. The number of nitrogens with one attached hydrogen (secondary N) is 1. The molecule has 0 aliphatic heterocycles. The average molecular weight is 264 g/mol. The van der Waals surface area contributed by atoms with Gasteiger partial charge in [0.15, 0.2) is 0 Å². The normalized spacial score (nSPS) is 11.5. The first-order valence-corrected chi connectivity index (χ1v) is 5.95. The monoisotopic (exact) mass is 263 g/mol. The zero-order valence-electron chi connectivity index (χ0n) is 9.35. The second-order valence-corrected chi connectivity index (χ2v) is 5.12. The number of furan rings is 1. The SMILES string of the molecule is CC(C)(CCCl)CNC(=O)c1ccoc1Cl. The van der Waals surface area contributed by atoms with Crippen LogP contribution in [-0.2, 0) is 0 Å². The first-order chi connectivity index (χ1) is 7.46. The third-order valence-corrected chi connectivity index (χ3v) is 2.84.